The number of hydrogen-bond donors (Lipinski definition) is 1. The van der Waals surface area contributed by atoms with Crippen molar-refractivity contribution in [1.82, 2.24) is 19.1 Å². The Morgan fingerprint density at radius 2 is 1.74 bits per heavy atom. The topological polar surface area (TPSA) is 95.8 Å². The summed E-state index contributed by atoms with van der Waals surface area (Å²) in [6, 6.07) is 16.8. The normalized spacial score (nSPS) is 11.3. The average molecular weight is 409 g/mol. The number of carbonyl (C=O) groups is 1. The van der Waals surface area contributed by atoms with Crippen LogP contribution in [0.5, 0.6) is 0 Å². The molecule has 152 valence electrons. The van der Waals surface area contributed by atoms with Crippen molar-refractivity contribution < 1.29 is 4.79 Å². The first-order chi connectivity index (χ1) is 15.0. The molecule has 2 aromatic carbocycles. The highest BCUT2D eigenvalue weighted by Gasteiger charge is 2.18. The van der Waals surface area contributed by atoms with Gasteiger partial charge in [-0.25, -0.2) is 4.79 Å². The minimum Gasteiger partial charge on any atom is -0.366 e. The summed E-state index contributed by atoms with van der Waals surface area (Å²) in [7, 11) is 1.74. The van der Waals surface area contributed by atoms with Crippen LogP contribution in [0.15, 0.2) is 71.8 Å². The van der Waals surface area contributed by atoms with E-state index < -0.39 is 5.91 Å². The fourth-order valence-corrected chi connectivity index (χ4v) is 3.94. The maximum Gasteiger partial charge on any atom is 0.333 e. The minimum atomic E-state index is -0.462. The third-order valence-corrected chi connectivity index (χ3v) is 5.61. The van der Waals surface area contributed by atoms with Crippen LogP contribution >= 0.6 is 0 Å². The second-order valence-corrected chi connectivity index (χ2v) is 7.45. The Balaban J connectivity index is 1.82. The third kappa shape index (κ3) is 2.90. The number of nitrogens with two attached hydrogens (primary N) is 1. The molecule has 5 aromatic rings. The zero-order valence-electron chi connectivity index (χ0n) is 17.0. The molecule has 0 aliphatic rings. The molecule has 7 heteroatoms. The summed E-state index contributed by atoms with van der Waals surface area (Å²) in [5.41, 5.74) is 11.3. The van der Waals surface area contributed by atoms with E-state index in [9.17, 15) is 9.59 Å². The van der Waals surface area contributed by atoms with Crippen molar-refractivity contribution in [2.75, 3.05) is 0 Å². The molecule has 3 heterocycles. The van der Waals surface area contributed by atoms with E-state index in [-0.39, 0.29) is 5.69 Å². The van der Waals surface area contributed by atoms with Gasteiger partial charge in [0.05, 0.1) is 34.1 Å². The molecule has 31 heavy (non-hydrogen) atoms. The number of pyridine rings is 2. The smallest absolute Gasteiger partial charge is 0.333 e. The summed E-state index contributed by atoms with van der Waals surface area (Å²) in [5.74, 6) is -0.462. The molecule has 0 saturated heterocycles. The molecular formula is C24H19N5O2. The van der Waals surface area contributed by atoms with Gasteiger partial charge in [0.2, 0.25) is 5.91 Å². The zero-order valence-corrected chi connectivity index (χ0v) is 17.0. The molecule has 5 rings (SSSR count). The molecule has 0 atom stereocenters. The van der Waals surface area contributed by atoms with Crippen molar-refractivity contribution >= 4 is 27.8 Å². The molecule has 0 unspecified atom stereocenters. The van der Waals surface area contributed by atoms with Gasteiger partial charge in [0.15, 0.2) is 0 Å². The summed E-state index contributed by atoms with van der Waals surface area (Å²) in [4.78, 5) is 33.5. The molecule has 3 aromatic heterocycles. The summed E-state index contributed by atoms with van der Waals surface area (Å²) >= 11 is 0. The van der Waals surface area contributed by atoms with Crippen molar-refractivity contribution in [1.29, 1.82) is 0 Å². The Morgan fingerprint density at radius 1 is 1.00 bits per heavy atom. The molecule has 2 N–H and O–H groups in total. The van der Waals surface area contributed by atoms with Crippen LogP contribution in [0, 0.1) is 6.92 Å². The van der Waals surface area contributed by atoms with Gasteiger partial charge in [0.25, 0.3) is 0 Å². The SMILES string of the molecule is Cc1ncccc1-n1c(=O)n(C)c2cnc3ccc(-c4ccc(C(N)=O)cc4)cc3c21. The van der Waals surface area contributed by atoms with E-state index in [2.05, 4.69) is 9.97 Å². The number of nitrogens with zero attached hydrogens (tertiary/aromatic N) is 4. The average Bonchev–Trinajstić information content (AvgIpc) is 3.04. The van der Waals surface area contributed by atoms with E-state index in [0.29, 0.717) is 5.56 Å². The number of fused-ring (bicyclic) bond motifs is 3. The van der Waals surface area contributed by atoms with E-state index >= 15 is 0 Å². The number of aryl methyl sites for hydroxylation is 2. The standard InChI is InChI=1S/C24H19N5O2/c1-14-20(4-3-11-26-14)29-22-18-12-17(15-5-7-16(8-6-15)23(25)30)9-10-19(18)27-13-21(22)28(2)24(29)31/h3-13H,1-2H3,(H2,25,30). The monoisotopic (exact) mass is 409 g/mol. The molecule has 0 fully saturated rings. The third-order valence-electron chi connectivity index (χ3n) is 5.61. The molecule has 0 spiro atoms. The van der Waals surface area contributed by atoms with Crippen LogP contribution in [-0.2, 0) is 7.05 Å². The molecule has 0 aliphatic heterocycles. The molecule has 0 bridgehead atoms. The lowest BCUT2D eigenvalue weighted by Gasteiger charge is -2.09. The van der Waals surface area contributed by atoms with Gasteiger partial charge in [-0.15, -0.1) is 0 Å². The molecule has 0 aliphatic carbocycles. The first kappa shape index (κ1) is 18.7. The van der Waals surface area contributed by atoms with Gasteiger partial charge in [-0.3, -0.25) is 23.9 Å². The largest absolute Gasteiger partial charge is 0.366 e. The minimum absolute atomic E-state index is 0.156. The van der Waals surface area contributed by atoms with Crippen LogP contribution < -0.4 is 11.4 Å². The van der Waals surface area contributed by atoms with Crippen LogP contribution in [0.25, 0.3) is 38.8 Å². The molecule has 0 saturated carbocycles. The number of amides is 1. The Morgan fingerprint density at radius 3 is 2.45 bits per heavy atom. The number of aromatic nitrogens is 4. The van der Waals surface area contributed by atoms with Crippen LogP contribution in [-0.4, -0.2) is 25.0 Å². The Bertz CT molecular complexity index is 1540. The number of carbonyl (C=O) groups excluding carboxylic acids is 1. The van der Waals surface area contributed by atoms with Gasteiger partial charge in [-0.05, 0) is 54.4 Å². The van der Waals surface area contributed by atoms with Crippen molar-refractivity contribution in [2.45, 2.75) is 6.92 Å². The lowest BCUT2D eigenvalue weighted by atomic mass is 10.0. The fourth-order valence-electron chi connectivity index (χ4n) is 3.94. The Hall–Kier alpha value is -4.26. The number of hydrogen-bond acceptors (Lipinski definition) is 4. The first-order valence-corrected chi connectivity index (χ1v) is 9.78. The van der Waals surface area contributed by atoms with Crippen LogP contribution in [0.3, 0.4) is 0 Å². The predicted molar refractivity (Wildman–Crippen MR) is 120 cm³/mol. The Labute approximate surface area is 177 Å². The predicted octanol–water partition coefficient (Wildman–Crippen LogP) is 3.35. The molecular weight excluding hydrogens is 390 g/mol. The lowest BCUT2D eigenvalue weighted by Crippen LogP contribution is -2.21. The number of imidazole rings is 1. The van der Waals surface area contributed by atoms with Crippen molar-refractivity contribution in [3.8, 4) is 16.8 Å². The first-order valence-electron chi connectivity index (χ1n) is 9.78. The molecule has 1 amide bonds. The van der Waals surface area contributed by atoms with E-state index in [4.69, 9.17) is 5.73 Å². The van der Waals surface area contributed by atoms with Crippen LogP contribution in [0.1, 0.15) is 16.1 Å². The highest BCUT2D eigenvalue weighted by atomic mass is 16.2. The van der Waals surface area contributed by atoms with E-state index in [1.807, 2.05) is 49.4 Å². The molecule has 7 nitrogen and oxygen atoms in total. The van der Waals surface area contributed by atoms with Gasteiger partial charge >= 0.3 is 5.69 Å². The number of primary amides is 1. The van der Waals surface area contributed by atoms with Crippen molar-refractivity contribution in [2.24, 2.45) is 12.8 Å². The fraction of sp³-hybridized carbons (Fsp3) is 0.0833. The highest BCUT2D eigenvalue weighted by Crippen LogP contribution is 2.30. The van der Waals surface area contributed by atoms with Gasteiger partial charge in [0, 0.05) is 24.2 Å². The maximum atomic E-state index is 13.2. The van der Waals surface area contributed by atoms with E-state index in [1.54, 1.807) is 40.7 Å². The second kappa shape index (κ2) is 6.91. The summed E-state index contributed by atoms with van der Waals surface area (Å²) in [6.45, 7) is 1.88. The second-order valence-electron chi connectivity index (χ2n) is 7.45. The Kier molecular flexibility index (Phi) is 4.18. The zero-order chi connectivity index (χ0) is 21.7. The maximum absolute atomic E-state index is 13.2. The van der Waals surface area contributed by atoms with Crippen LogP contribution in [0.2, 0.25) is 0 Å². The summed E-state index contributed by atoms with van der Waals surface area (Å²) in [6.07, 6.45) is 3.44. The number of rotatable bonds is 3. The van der Waals surface area contributed by atoms with Gasteiger partial charge < -0.3 is 5.73 Å². The van der Waals surface area contributed by atoms with E-state index in [0.717, 1.165) is 44.4 Å². The van der Waals surface area contributed by atoms with Crippen molar-refractivity contribution in [3.05, 3.63) is 88.7 Å². The van der Waals surface area contributed by atoms with Gasteiger partial charge in [-0.2, -0.15) is 0 Å². The van der Waals surface area contributed by atoms with Crippen LogP contribution in [0.4, 0.5) is 0 Å². The van der Waals surface area contributed by atoms with Crippen molar-refractivity contribution in [3.63, 3.8) is 0 Å². The lowest BCUT2D eigenvalue weighted by molar-refractivity contribution is 0.100. The van der Waals surface area contributed by atoms with Gasteiger partial charge in [-0.1, -0.05) is 18.2 Å². The van der Waals surface area contributed by atoms with E-state index in [1.165, 1.54) is 0 Å². The molecule has 0 radical (unpaired) electrons. The number of benzene rings is 2. The summed E-state index contributed by atoms with van der Waals surface area (Å²) in [5, 5.41) is 0.856. The summed E-state index contributed by atoms with van der Waals surface area (Å²) < 4.78 is 3.30. The van der Waals surface area contributed by atoms with Gasteiger partial charge in [0.1, 0.15) is 0 Å². The quantitative estimate of drug-likeness (QED) is 0.494. The highest BCUT2D eigenvalue weighted by molar-refractivity contribution is 6.04.